The van der Waals surface area contributed by atoms with Crippen LogP contribution in [0, 0.1) is 0 Å². The minimum atomic E-state index is -4.65. The summed E-state index contributed by atoms with van der Waals surface area (Å²) in [5.74, 6) is -1.04. The zero-order valence-electron chi connectivity index (χ0n) is 18.0. The number of carbonyl (C=O) groups is 2. The molecule has 178 valence electrons. The van der Waals surface area contributed by atoms with Gasteiger partial charge in [0.25, 0.3) is 15.9 Å². The topological polar surface area (TPSA) is 84.0 Å². The van der Waals surface area contributed by atoms with E-state index in [4.69, 9.17) is 0 Å². The Hall–Kier alpha value is -3.34. The molecule has 0 spiro atoms. The summed E-state index contributed by atoms with van der Waals surface area (Å²) in [6, 6.07) is 9.05. The zero-order valence-corrected chi connectivity index (χ0v) is 18.8. The lowest BCUT2D eigenvalue weighted by Gasteiger charge is -2.24. The van der Waals surface area contributed by atoms with E-state index in [1.54, 1.807) is 0 Å². The third-order valence-corrected chi connectivity index (χ3v) is 6.44. The number of esters is 1. The molecule has 0 saturated carbocycles. The zero-order chi connectivity index (χ0) is 24.8. The summed E-state index contributed by atoms with van der Waals surface area (Å²) in [6.07, 6.45) is -3.45. The molecular formula is C22H23F3N2O5S. The van der Waals surface area contributed by atoms with Crippen molar-refractivity contribution < 1.29 is 35.9 Å². The summed E-state index contributed by atoms with van der Waals surface area (Å²) in [5, 5.41) is 0. The minimum absolute atomic E-state index is 0.0334. The fraction of sp³-hybridized carbons (Fsp3) is 0.273. The molecule has 0 unspecified atom stereocenters. The molecule has 1 amide bonds. The fourth-order valence-corrected chi connectivity index (χ4v) is 4.37. The average Bonchev–Trinajstić information content (AvgIpc) is 2.79. The van der Waals surface area contributed by atoms with E-state index in [9.17, 15) is 31.2 Å². The summed E-state index contributed by atoms with van der Waals surface area (Å²) in [5.41, 5.74) is -1.16. The van der Waals surface area contributed by atoms with Gasteiger partial charge in [0, 0.05) is 19.2 Å². The predicted molar refractivity (Wildman–Crippen MR) is 116 cm³/mol. The van der Waals surface area contributed by atoms with Crippen molar-refractivity contribution in [1.29, 1.82) is 0 Å². The Balaban J connectivity index is 2.41. The van der Waals surface area contributed by atoms with Crippen LogP contribution in [0.4, 0.5) is 18.9 Å². The largest absolute Gasteiger partial charge is 0.469 e. The van der Waals surface area contributed by atoms with Crippen molar-refractivity contribution in [3.63, 3.8) is 0 Å². The molecule has 0 saturated heterocycles. The van der Waals surface area contributed by atoms with Gasteiger partial charge >= 0.3 is 12.1 Å². The van der Waals surface area contributed by atoms with Gasteiger partial charge in [-0.1, -0.05) is 18.2 Å². The molecule has 0 aliphatic carbocycles. The summed E-state index contributed by atoms with van der Waals surface area (Å²) in [6.45, 7) is 3.25. The SMILES string of the molecule is C=CCN(c1cccc(C(F)(F)F)c1)S(=O)(=O)c1cccc(C(=O)N(C)CCC(=O)OC)c1. The van der Waals surface area contributed by atoms with Crippen molar-refractivity contribution in [2.45, 2.75) is 17.5 Å². The number of alkyl halides is 3. The number of rotatable bonds is 9. The molecule has 0 N–H and O–H groups in total. The number of methoxy groups -OCH3 is 1. The first-order valence-electron chi connectivity index (χ1n) is 9.65. The maximum absolute atomic E-state index is 13.3. The lowest BCUT2D eigenvalue weighted by molar-refractivity contribution is -0.141. The van der Waals surface area contributed by atoms with E-state index in [2.05, 4.69) is 11.3 Å². The second-order valence-electron chi connectivity index (χ2n) is 6.95. The first kappa shape index (κ1) is 25.9. The van der Waals surface area contributed by atoms with Crippen LogP contribution in [-0.2, 0) is 25.7 Å². The van der Waals surface area contributed by atoms with E-state index in [0.29, 0.717) is 0 Å². The first-order valence-corrected chi connectivity index (χ1v) is 11.1. The number of anilines is 1. The van der Waals surface area contributed by atoms with Crippen LogP contribution in [0.1, 0.15) is 22.3 Å². The van der Waals surface area contributed by atoms with Crippen LogP contribution in [0.2, 0.25) is 0 Å². The Morgan fingerprint density at radius 1 is 1.12 bits per heavy atom. The quantitative estimate of drug-likeness (QED) is 0.400. The van der Waals surface area contributed by atoms with Crippen molar-refractivity contribution >= 4 is 27.6 Å². The third-order valence-electron chi connectivity index (χ3n) is 4.65. The molecule has 0 aliphatic heterocycles. The fourth-order valence-electron chi connectivity index (χ4n) is 2.90. The number of halogens is 3. The van der Waals surface area contributed by atoms with E-state index in [1.165, 1.54) is 49.4 Å². The normalized spacial score (nSPS) is 11.5. The van der Waals surface area contributed by atoms with Gasteiger partial charge in [0.15, 0.2) is 0 Å². The van der Waals surface area contributed by atoms with Gasteiger partial charge in [0.1, 0.15) is 0 Å². The second-order valence-corrected chi connectivity index (χ2v) is 8.82. The highest BCUT2D eigenvalue weighted by Gasteiger charge is 2.32. The average molecular weight is 484 g/mol. The number of hydrogen-bond acceptors (Lipinski definition) is 5. The van der Waals surface area contributed by atoms with Crippen LogP contribution in [0.25, 0.3) is 0 Å². The van der Waals surface area contributed by atoms with Gasteiger partial charge in [-0.25, -0.2) is 8.42 Å². The highest BCUT2D eigenvalue weighted by Crippen LogP contribution is 2.33. The molecule has 0 aliphatic rings. The maximum atomic E-state index is 13.3. The van der Waals surface area contributed by atoms with Gasteiger partial charge in [-0.2, -0.15) is 13.2 Å². The summed E-state index contributed by atoms with van der Waals surface area (Å²) >= 11 is 0. The monoisotopic (exact) mass is 484 g/mol. The van der Waals surface area contributed by atoms with Crippen molar-refractivity contribution in [3.05, 3.63) is 72.3 Å². The van der Waals surface area contributed by atoms with Gasteiger partial charge in [-0.15, -0.1) is 6.58 Å². The van der Waals surface area contributed by atoms with Crippen molar-refractivity contribution in [2.75, 3.05) is 31.6 Å². The lowest BCUT2D eigenvalue weighted by Crippen LogP contribution is -2.32. The first-order chi connectivity index (χ1) is 15.4. The molecule has 2 aromatic carbocycles. The molecule has 7 nitrogen and oxygen atoms in total. The molecule has 0 fully saturated rings. The van der Waals surface area contributed by atoms with Crippen LogP contribution >= 0.6 is 0 Å². The van der Waals surface area contributed by atoms with Crippen LogP contribution in [-0.4, -0.2) is 52.4 Å². The number of carbonyl (C=O) groups excluding carboxylic acids is 2. The van der Waals surface area contributed by atoms with Crippen molar-refractivity contribution in [3.8, 4) is 0 Å². The number of nitrogens with zero attached hydrogens (tertiary/aromatic N) is 2. The van der Waals surface area contributed by atoms with Crippen molar-refractivity contribution in [1.82, 2.24) is 4.90 Å². The summed E-state index contributed by atoms with van der Waals surface area (Å²) in [7, 11) is -1.68. The molecule has 0 heterocycles. The molecule has 11 heteroatoms. The molecule has 0 atom stereocenters. The second kappa shape index (κ2) is 10.5. The molecule has 0 bridgehead atoms. The van der Waals surface area contributed by atoms with Crippen LogP contribution in [0.5, 0.6) is 0 Å². The predicted octanol–water partition coefficient (Wildman–Crippen LogP) is 3.72. The van der Waals surface area contributed by atoms with Gasteiger partial charge in [-0.05, 0) is 36.4 Å². The highest BCUT2D eigenvalue weighted by molar-refractivity contribution is 7.92. The number of amides is 1. The van der Waals surface area contributed by atoms with Crippen LogP contribution in [0.15, 0.2) is 66.1 Å². The van der Waals surface area contributed by atoms with Crippen LogP contribution < -0.4 is 4.31 Å². The highest BCUT2D eigenvalue weighted by atomic mass is 32.2. The Kier molecular flexibility index (Phi) is 8.26. The Morgan fingerprint density at radius 2 is 1.79 bits per heavy atom. The third kappa shape index (κ3) is 6.35. The molecule has 2 rings (SSSR count). The van der Waals surface area contributed by atoms with E-state index < -0.39 is 33.6 Å². The van der Waals surface area contributed by atoms with Gasteiger partial charge in [0.2, 0.25) is 0 Å². The molecule has 33 heavy (non-hydrogen) atoms. The lowest BCUT2D eigenvalue weighted by atomic mass is 10.2. The molecule has 0 radical (unpaired) electrons. The smallest absolute Gasteiger partial charge is 0.416 e. The van der Waals surface area contributed by atoms with Crippen molar-refractivity contribution in [2.24, 2.45) is 0 Å². The summed E-state index contributed by atoms with van der Waals surface area (Å²) in [4.78, 5) is 24.9. The minimum Gasteiger partial charge on any atom is -0.469 e. The Bertz CT molecular complexity index is 1130. The number of ether oxygens (including phenoxy) is 1. The van der Waals surface area contributed by atoms with Gasteiger partial charge < -0.3 is 9.64 Å². The number of benzene rings is 2. The molecular weight excluding hydrogens is 461 g/mol. The van der Waals surface area contributed by atoms with E-state index in [-0.39, 0.29) is 35.7 Å². The standard InChI is InChI=1S/C22H23F3N2O5S/c1-4-12-27(18-9-6-8-17(15-18)22(23,24)25)33(30,31)19-10-5-7-16(14-19)21(29)26(2)13-11-20(28)32-3/h4-10,14-15H,1,11-13H2,2-3H3. The summed E-state index contributed by atoms with van der Waals surface area (Å²) < 4.78 is 71.3. The number of hydrogen-bond donors (Lipinski definition) is 0. The Labute approximate surface area is 190 Å². The van der Waals surface area contributed by atoms with Crippen LogP contribution in [0.3, 0.4) is 0 Å². The molecule has 2 aromatic rings. The van der Waals surface area contributed by atoms with E-state index >= 15 is 0 Å². The number of sulfonamides is 1. The maximum Gasteiger partial charge on any atom is 0.416 e. The van der Waals surface area contributed by atoms with Gasteiger partial charge in [-0.3, -0.25) is 13.9 Å². The Morgan fingerprint density at radius 3 is 2.39 bits per heavy atom. The molecule has 0 aromatic heterocycles. The van der Waals surface area contributed by atoms with E-state index in [0.717, 1.165) is 28.6 Å². The van der Waals surface area contributed by atoms with E-state index in [1.807, 2.05) is 0 Å². The van der Waals surface area contributed by atoms with Gasteiger partial charge in [0.05, 0.1) is 36.2 Å².